The Morgan fingerprint density at radius 1 is 0.459 bits per heavy atom. The molecule has 3 heterocycles. The summed E-state index contributed by atoms with van der Waals surface area (Å²) in [4.78, 5) is 126. The summed E-state index contributed by atoms with van der Waals surface area (Å²) in [6.45, 7) is 0.724. The summed E-state index contributed by atoms with van der Waals surface area (Å²) in [5.41, 5.74) is 0. The van der Waals surface area contributed by atoms with E-state index in [-0.39, 0.29) is 115 Å². The number of rotatable bonds is 50. The fourth-order valence-corrected chi connectivity index (χ4v) is 11.4. The van der Waals surface area contributed by atoms with Crippen molar-refractivity contribution < 1.29 is 141 Å². The van der Waals surface area contributed by atoms with Gasteiger partial charge in [0.1, 0.15) is 84.9 Å². The zero-order valence-corrected chi connectivity index (χ0v) is 57.2. The van der Waals surface area contributed by atoms with Gasteiger partial charge in [0.25, 0.3) is 0 Å². The second kappa shape index (κ2) is 47.3. The Hall–Kier alpha value is -4.90. The van der Waals surface area contributed by atoms with E-state index in [4.69, 9.17) is 32.9 Å². The summed E-state index contributed by atoms with van der Waals surface area (Å²) < 4.78 is 54.8. The zero-order valence-electron chi connectivity index (χ0n) is 56.3. The Morgan fingerprint density at radius 2 is 0.847 bits per heavy atom. The SMILES string of the molecule is COP(=O)(O)OC[C@@H](CO)NC(=O)CCCCC(=O)[C@H](CCCCNC(=O)CCCCO[C@@H]1O[C@H](CO)[C@H](O)[C@H](O)[C@H]1NC(C)=O)NC(=O)[C@H](CCCCCC(=O)CCCCO[C@@H]1O[C@H](CO)[C@H](O)[C@H](O)[C@H]1NC(C)=O)NC(=O)CCCCO[C@@H]1O[C@H](CO)[C@H](O)[C@H](O)[C@H]1NC(C)=O. The Kier molecular flexibility index (Phi) is 42.2. The van der Waals surface area contributed by atoms with Crippen LogP contribution in [0.1, 0.15) is 156 Å². The van der Waals surface area contributed by atoms with E-state index in [0.717, 1.165) is 7.11 Å². The Labute approximate surface area is 569 Å². The molecule has 1 unspecified atom stereocenters. The fourth-order valence-electron chi connectivity index (χ4n) is 11.0. The maximum atomic E-state index is 14.4. The van der Waals surface area contributed by atoms with Crippen molar-refractivity contribution >= 4 is 60.7 Å². The predicted molar refractivity (Wildman–Crippen MR) is 340 cm³/mol. The second-order valence-electron chi connectivity index (χ2n) is 24.5. The molecule has 0 spiro atoms. The molecule has 3 aliphatic rings. The summed E-state index contributed by atoms with van der Waals surface area (Å²) in [6.07, 6.45) is -12.0. The number of ether oxygens (including phenoxy) is 6. The summed E-state index contributed by atoms with van der Waals surface area (Å²) in [7, 11) is -3.47. The second-order valence-corrected chi connectivity index (χ2v) is 26.1. The molecule has 37 heteroatoms. The maximum absolute atomic E-state index is 14.4. The summed E-state index contributed by atoms with van der Waals surface area (Å²) in [6, 6.07) is -6.82. The number of ketones is 2. The van der Waals surface area contributed by atoms with Gasteiger partial charge in [0, 0.05) is 92.8 Å². The van der Waals surface area contributed by atoms with E-state index in [9.17, 15) is 104 Å². The molecule has 3 aliphatic heterocycles. The highest BCUT2D eigenvalue weighted by atomic mass is 31.2. The summed E-state index contributed by atoms with van der Waals surface area (Å²) in [5.74, 6) is -4.19. The average Bonchev–Trinajstić information content (AvgIpc) is 0.823. The monoisotopic (exact) mass is 1430 g/mol. The first-order chi connectivity index (χ1) is 46.6. The van der Waals surface area contributed by atoms with E-state index in [1.54, 1.807) is 0 Å². The van der Waals surface area contributed by atoms with E-state index in [0.29, 0.717) is 57.8 Å². The third kappa shape index (κ3) is 32.4. The lowest BCUT2D eigenvalue weighted by atomic mass is 9.97. The molecule has 0 aromatic carbocycles. The molecule has 3 fully saturated rings. The molecule has 19 atom stereocenters. The number of aliphatic hydroxyl groups excluding tert-OH is 10. The molecule has 0 aromatic rings. The summed E-state index contributed by atoms with van der Waals surface area (Å²) >= 11 is 0. The third-order valence-electron chi connectivity index (χ3n) is 16.4. The minimum absolute atomic E-state index is 0.0309. The van der Waals surface area contributed by atoms with Gasteiger partial charge in [0.05, 0.1) is 45.1 Å². The molecule has 0 aromatic heterocycles. The highest BCUT2D eigenvalue weighted by molar-refractivity contribution is 7.47. The van der Waals surface area contributed by atoms with Crippen LogP contribution in [0.5, 0.6) is 0 Å². The average molecular weight is 1430 g/mol. The Bertz CT molecular complexity index is 2480. The highest BCUT2D eigenvalue weighted by Gasteiger charge is 2.48. The van der Waals surface area contributed by atoms with Crippen LogP contribution in [0, 0.1) is 0 Å². The van der Waals surface area contributed by atoms with Gasteiger partial charge in [-0.15, -0.1) is 0 Å². The first-order valence-corrected chi connectivity index (χ1v) is 35.0. The molecule has 0 bridgehead atoms. The number of carbonyl (C=O) groups excluding carboxylic acids is 9. The van der Waals surface area contributed by atoms with Crippen molar-refractivity contribution in [3.8, 4) is 0 Å². The predicted octanol–water partition coefficient (Wildman–Crippen LogP) is -4.48. The number of unbranched alkanes of at least 4 members (excludes halogenated alkanes) is 7. The maximum Gasteiger partial charge on any atom is 0.471 e. The van der Waals surface area contributed by atoms with Crippen LogP contribution >= 0.6 is 7.82 Å². The van der Waals surface area contributed by atoms with Crippen LogP contribution in [0.2, 0.25) is 0 Å². The van der Waals surface area contributed by atoms with Gasteiger partial charge in [0.15, 0.2) is 24.7 Å². The lowest BCUT2D eigenvalue weighted by Gasteiger charge is -2.42. The van der Waals surface area contributed by atoms with Crippen molar-refractivity contribution in [2.75, 3.05) is 66.5 Å². The molecule has 7 amide bonds. The van der Waals surface area contributed by atoms with Crippen molar-refractivity contribution in [2.24, 2.45) is 0 Å². The van der Waals surface area contributed by atoms with Crippen LogP contribution in [-0.4, -0.2) is 285 Å². The number of nitrogens with one attached hydrogen (secondary N) is 7. The van der Waals surface area contributed by atoms with Crippen LogP contribution in [0.25, 0.3) is 0 Å². The molecule has 0 saturated carbocycles. The lowest BCUT2D eigenvalue weighted by Crippen LogP contribution is -2.64. The van der Waals surface area contributed by atoms with Gasteiger partial charge in [-0.1, -0.05) is 12.8 Å². The number of phosphoric acid groups is 1. The van der Waals surface area contributed by atoms with E-state index in [2.05, 4.69) is 41.7 Å². The Balaban J connectivity index is 1.67. The van der Waals surface area contributed by atoms with Gasteiger partial charge < -0.3 is 122 Å². The van der Waals surface area contributed by atoms with Gasteiger partial charge in [-0.05, 0) is 83.5 Å². The number of phosphoric ester groups is 1. The molecule has 36 nitrogen and oxygen atoms in total. The molecule has 3 rings (SSSR count). The Morgan fingerprint density at radius 3 is 1.28 bits per heavy atom. The number of carbonyl (C=O) groups is 9. The number of Topliss-reactive ketones (excluding diaryl/α,β-unsaturated/α-hetero) is 2. The first kappa shape index (κ1) is 87.3. The van der Waals surface area contributed by atoms with Crippen molar-refractivity contribution in [3.63, 3.8) is 0 Å². The zero-order chi connectivity index (χ0) is 72.9. The first-order valence-electron chi connectivity index (χ1n) is 33.5. The van der Waals surface area contributed by atoms with E-state index < -0.39 is 192 Å². The van der Waals surface area contributed by atoms with Gasteiger partial charge in [-0.25, -0.2) is 4.57 Å². The number of aliphatic hydroxyl groups is 10. The van der Waals surface area contributed by atoms with Gasteiger partial charge in [0.2, 0.25) is 41.4 Å². The molecular weight excluding hydrogens is 1330 g/mol. The molecule has 0 aliphatic carbocycles. The van der Waals surface area contributed by atoms with E-state index >= 15 is 0 Å². The van der Waals surface area contributed by atoms with Crippen molar-refractivity contribution in [1.82, 2.24) is 37.2 Å². The van der Waals surface area contributed by atoms with E-state index in [1.807, 2.05) is 0 Å². The molecule has 18 N–H and O–H groups in total. The topological polar surface area (TPSA) is 551 Å². The van der Waals surface area contributed by atoms with Crippen molar-refractivity contribution in [2.45, 2.75) is 266 Å². The van der Waals surface area contributed by atoms with Crippen LogP contribution in [-0.2, 0) is 85.2 Å². The highest BCUT2D eigenvalue weighted by Crippen LogP contribution is 2.42. The minimum Gasteiger partial charge on any atom is -0.394 e. The standard InChI is InChI=1S/C61H108N7O29P/c1-35(73)63-49-55(84)52(81)43(31-70)95-59(49)91-27-15-11-19-39(76)18-6-5-7-21-41(67-48(80)25-13-17-29-93-61-51(65-37(3)75)57(86)54(83)45(33-72)97-61)58(87)68-40(42(77)22-8-9-24-47(79)66-38(30-69)34-94-98(88,89)90-4)20-10-14-26-62-46(78)23-12-16-28-92-60-50(64-36(2)74)56(85)53(82)44(32-71)96-60/h38,40-41,43-45,49-57,59-61,69-72,81-86H,5-34H2,1-4H3,(H,62,78)(H,63,73)(H,64,74)(H,65,75)(H,66,79)(H,67,80)(H,68,87)(H,88,89)/t38-,40+,41+,43-,44-,45-,49-,50-,51-,52+,53+,54+,55-,56-,57-,59-,60-,61-/m1/s1. The van der Waals surface area contributed by atoms with E-state index in [1.165, 1.54) is 20.8 Å². The van der Waals surface area contributed by atoms with Crippen LogP contribution in [0.15, 0.2) is 0 Å². The summed E-state index contributed by atoms with van der Waals surface area (Å²) in [5, 5.41) is 120. The van der Waals surface area contributed by atoms with Crippen LogP contribution in [0.3, 0.4) is 0 Å². The quantitative estimate of drug-likeness (QED) is 0.0202. The fraction of sp³-hybridized carbons (Fsp3) is 0.852. The molecule has 0 radical (unpaired) electrons. The van der Waals surface area contributed by atoms with Gasteiger partial charge >= 0.3 is 7.82 Å². The number of hydrogen-bond acceptors (Lipinski definition) is 28. The lowest BCUT2D eigenvalue weighted by molar-refractivity contribution is -0.270. The van der Waals surface area contributed by atoms with Crippen molar-refractivity contribution in [3.05, 3.63) is 0 Å². The minimum atomic E-state index is -4.41. The molecule has 566 valence electrons. The molecule has 3 saturated heterocycles. The molecular formula is C61H108N7O29P. The third-order valence-corrected chi connectivity index (χ3v) is 17.4. The van der Waals surface area contributed by atoms with Crippen LogP contribution < -0.4 is 37.2 Å². The van der Waals surface area contributed by atoms with Crippen LogP contribution in [0.4, 0.5) is 0 Å². The number of hydrogen-bond donors (Lipinski definition) is 18. The van der Waals surface area contributed by atoms with Crippen molar-refractivity contribution in [1.29, 1.82) is 0 Å². The number of amides is 7. The van der Waals surface area contributed by atoms with Gasteiger partial charge in [-0.2, -0.15) is 0 Å². The largest absolute Gasteiger partial charge is 0.471 e. The van der Waals surface area contributed by atoms with Gasteiger partial charge in [-0.3, -0.25) is 52.2 Å². The normalized spacial score (nSPS) is 27.1. The smallest absolute Gasteiger partial charge is 0.394 e. The molecule has 98 heavy (non-hydrogen) atoms.